The van der Waals surface area contributed by atoms with Gasteiger partial charge in [0.05, 0.1) is 17.8 Å². The van der Waals surface area contributed by atoms with Gasteiger partial charge in [0.2, 0.25) is 0 Å². The van der Waals surface area contributed by atoms with E-state index in [0.29, 0.717) is 25.1 Å². The molecule has 1 saturated heterocycles. The summed E-state index contributed by atoms with van der Waals surface area (Å²) in [7, 11) is 0. The van der Waals surface area contributed by atoms with Crippen LogP contribution in [0.1, 0.15) is 19.8 Å². The van der Waals surface area contributed by atoms with Crippen molar-refractivity contribution in [2.45, 2.75) is 25.8 Å². The van der Waals surface area contributed by atoms with E-state index in [1.54, 1.807) is 29.4 Å². The first-order chi connectivity index (χ1) is 9.08. The highest BCUT2D eigenvalue weighted by atomic mass is 16.4. The number of hydrogen-bond acceptors (Lipinski definition) is 3. The molecule has 1 aliphatic heterocycles. The molecule has 2 unspecified atom stereocenters. The van der Waals surface area contributed by atoms with Gasteiger partial charge < -0.3 is 15.3 Å². The van der Waals surface area contributed by atoms with Crippen molar-refractivity contribution in [3.63, 3.8) is 0 Å². The minimum Gasteiger partial charge on any atom is -0.481 e. The molecule has 0 aliphatic carbocycles. The lowest BCUT2D eigenvalue weighted by atomic mass is 9.92. The third-order valence-corrected chi connectivity index (χ3v) is 3.40. The van der Waals surface area contributed by atoms with E-state index in [1.807, 2.05) is 6.92 Å². The quantitative estimate of drug-likeness (QED) is 0.852. The van der Waals surface area contributed by atoms with Crippen LogP contribution in [0, 0.1) is 5.92 Å². The number of piperidine rings is 1. The number of aliphatic carboxylic acids is 1. The number of likely N-dealkylation sites (tertiary alicyclic amines) is 1. The monoisotopic (exact) mass is 263 g/mol. The fourth-order valence-corrected chi connectivity index (χ4v) is 2.33. The van der Waals surface area contributed by atoms with E-state index in [9.17, 15) is 9.59 Å². The summed E-state index contributed by atoms with van der Waals surface area (Å²) in [5, 5.41) is 11.8. The Kier molecular flexibility index (Phi) is 3.99. The second-order valence-corrected chi connectivity index (χ2v) is 4.77. The maximum Gasteiger partial charge on any atom is 0.322 e. The maximum absolute atomic E-state index is 12.1. The summed E-state index contributed by atoms with van der Waals surface area (Å²) in [6, 6.07) is 3.23. The first kappa shape index (κ1) is 13.3. The van der Waals surface area contributed by atoms with Gasteiger partial charge in [-0.3, -0.25) is 9.78 Å². The number of carboxylic acids is 1. The summed E-state index contributed by atoms with van der Waals surface area (Å²) in [4.78, 5) is 28.6. The molecule has 0 saturated carbocycles. The van der Waals surface area contributed by atoms with E-state index in [2.05, 4.69) is 10.3 Å². The number of urea groups is 1. The maximum atomic E-state index is 12.1. The summed E-state index contributed by atoms with van der Waals surface area (Å²) >= 11 is 0. The van der Waals surface area contributed by atoms with Gasteiger partial charge in [0.1, 0.15) is 0 Å². The van der Waals surface area contributed by atoms with Gasteiger partial charge in [0.15, 0.2) is 0 Å². The number of carbonyl (C=O) groups excluding carboxylic acids is 1. The van der Waals surface area contributed by atoms with Gasteiger partial charge in [-0.2, -0.15) is 0 Å². The molecule has 2 rings (SSSR count). The predicted octanol–water partition coefficient (Wildman–Crippen LogP) is 1.80. The largest absolute Gasteiger partial charge is 0.481 e. The van der Waals surface area contributed by atoms with Gasteiger partial charge in [-0.1, -0.05) is 0 Å². The van der Waals surface area contributed by atoms with Gasteiger partial charge in [0, 0.05) is 18.8 Å². The zero-order valence-electron chi connectivity index (χ0n) is 10.7. The van der Waals surface area contributed by atoms with Crippen LogP contribution in [0.3, 0.4) is 0 Å². The Morgan fingerprint density at radius 2 is 2.32 bits per heavy atom. The first-order valence-corrected chi connectivity index (χ1v) is 6.28. The molecular weight excluding hydrogens is 246 g/mol. The van der Waals surface area contributed by atoms with Crippen molar-refractivity contribution >= 4 is 17.7 Å². The average molecular weight is 263 g/mol. The van der Waals surface area contributed by atoms with Crippen LogP contribution in [0.25, 0.3) is 0 Å². The van der Waals surface area contributed by atoms with Crippen molar-refractivity contribution in [1.82, 2.24) is 9.88 Å². The highest BCUT2D eigenvalue weighted by molar-refractivity contribution is 5.89. The van der Waals surface area contributed by atoms with Gasteiger partial charge in [0.25, 0.3) is 0 Å². The van der Waals surface area contributed by atoms with Crippen LogP contribution in [0.5, 0.6) is 0 Å². The Morgan fingerprint density at radius 3 is 2.89 bits per heavy atom. The number of amides is 2. The number of nitrogens with zero attached hydrogens (tertiary/aromatic N) is 2. The molecular formula is C13H17N3O3. The normalized spacial score (nSPS) is 22.9. The van der Waals surface area contributed by atoms with E-state index in [1.165, 1.54) is 0 Å². The number of rotatable bonds is 2. The Bertz CT molecular complexity index is 463. The molecule has 1 fully saturated rings. The van der Waals surface area contributed by atoms with E-state index >= 15 is 0 Å². The van der Waals surface area contributed by atoms with Crippen LogP contribution in [0.4, 0.5) is 10.5 Å². The number of carbonyl (C=O) groups is 2. The van der Waals surface area contributed by atoms with Crippen molar-refractivity contribution in [2.24, 2.45) is 5.92 Å². The molecule has 102 valence electrons. The molecule has 0 spiro atoms. The van der Waals surface area contributed by atoms with Gasteiger partial charge in [-0.25, -0.2) is 4.79 Å². The number of aromatic nitrogens is 1. The standard InChI is InChI=1S/C13H17N3O3/c1-9-7-10(12(17)18)4-6-16(9)13(19)15-11-3-2-5-14-8-11/h2-3,5,8-10H,4,6-7H2,1H3,(H,15,19)(H,17,18). The van der Waals surface area contributed by atoms with E-state index in [-0.39, 0.29) is 18.0 Å². The van der Waals surface area contributed by atoms with E-state index in [0.717, 1.165) is 0 Å². The summed E-state index contributed by atoms with van der Waals surface area (Å²) in [5.74, 6) is -1.13. The van der Waals surface area contributed by atoms with Crippen molar-refractivity contribution in [1.29, 1.82) is 0 Å². The first-order valence-electron chi connectivity index (χ1n) is 6.28. The third kappa shape index (κ3) is 3.21. The topological polar surface area (TPSA) is 82.5 Å². The Hall–Kier alpha value is -2.11. The van der Waals surface area contributed by atoms with E-state index in [4.69, 9.17) is 5.11 Å². The molecule has 0 radical (unpaired) electrons. The number of nitrogens with one attached hydrogen (secondary N) is 1. The lowest BCUT2D eigenvalue weighted by molar-refractivity contribution is -0.143. The summed E-state index contributed by atoms with van der Waals surface area (Å²) < 4.78 is 0. The summed E-state index contributed by atoms with van der Waals surface area (Å²) in [6.07, 6.45) is 4.21. The minimum absolute atomic E-state index is 0.0773. The van der Waals surface area contributed by atoms with Crippen LogP contribution in [-0.4, -0.2) is 39.6 Å². The van der Waals surface area contributed by atoms with Gasteiger partial charge in [-0.05, 0) is 31.9 Å². The second-order valence-electron chi connectivity index (χ2n) is 4.77. The average Bonchev–Trinajstić information content (AvgIpc) is 2.39. The van der Waals surface area contributed by atoms with Gasteiger partial charge in [-0.15, -0.1) is 0 Å². The summed E-state index contributed by atoms with van der Waals surface area (Å²) in [5.41, 5.74) is 0.639. The highest BCUT2D eigenvalue weighted by Gasteiger charge is 2.32. The fraction of sp³-hybridized carbons (Fsp3) is 0.462. The van der Waals surface area contributed by atoms with Crippen molar-refractivity contribution in [2.75, 3.05) is 11.9 Å². The Labute approximate surface area is 111 Å². The Balaban J connectivity index is 1.95. The molecule has 2 N–H and O–H groups in total. The van der Waals surface area contributed by atoms with Crippen LogP contribution >= 0.6 is 0 Å². The zero-order chi connectivity index (χ0) is 13.8. The third-order valence-electron chi connectivity index (χ3n) is 3.40. The van der Waals surface area contributed by atoms with Crippen LogP contribution in [0.2, 0.25) is 0 Å². The number of carboxylic acid groups (broad SMARTS) is 1. The smallest absolute Gasteiger partial charge is 0.322 e. The minimum atomic E-state index is -0.779. The lowest BCUT2D eigenvalue weighted by Gasteiger charge is -2.36. The highest BCUT2D eigenvalue weighted by Crippen LogP contribution is 2.23. The Morgan fingerprint density at radius 1 is 1.53 bits per heavy atom. The molecule has 2 heterocycles. The van der Waals surface area contributed by atoms with Crippen LogP contribution < -0.4 is 5.32 Å². The molecule has 0 aromatic carbocycles. The molecule has 1 aromatic rings. The second kappa shape index (κ2) is 5.69. The fourth-order valence-electron chi connectivity index (χ4n) is 2.33. The number of hydrogen-bond donors (Lipinski definition) is 2. The van der Waals surface area contributed by atoms with Crippen molar-refractivity contribution < 1.29 is 14.7 Å². The molecule has 0 bridgehead atoms. The lowest BCUT2D eigenvalue weighted by Crippen LogP contribution is -2.47. The number of pyridine rings is 1. The molecule has 1 aromatic heterocycles. The molecule has 6 nitrogen and oxygen atoms in total. The SMILES string of the molecule is CC1CC(C(=O)O)CCN1C(=O)Nc1cccnc1. The molecule has 6 heteroatoms. The summed E-state index contributed by atoms with van der Waals surface area (Å²) in [6.45, 7) is 2.34. The molecule has 2 amide bonds. The molecule has 1 aliphatic rings. The van der Waals surface area contributed by atoms with Crippen LogP contribution in [0.15, 0.2) is 24.5 Å². The predicted molar refractivity (Wildman–Crippen MR) is 69.8 cm³/mol. The van der Waals surface area contributed by atoms with Crippen molar-refractivity contribution in [3.05, 3.63) is 24.5 Å². The number of anilines is 1. The molecule has 19 heavy (non-hydrogen) atoms. The van der Waals surface area contributed by atoms with Crippen molar-refractivity contribution in [3.8, 4) is 0 Å². The van der Waals surface area contributed by atoms with E-state index < -0.39 is 5.97 Å². The van der Waals surface area contributed by atoms with Gasteiger partial charge >= 0.3 is 12.0 Å². The zero-order valence-corrected chi connectivity index (χ0v) is 10.7. The van der Waals surface area contributed by atoms with Crippen LogP contribution in [-0.2, 0) is 4.79 Å². The molecule has 2 atom stereocenters.